The van der Waals surface area contributed by atoms with Crippen LogP contribution in [0.25, 0.3) is 0 Å². The molecule has 0 spiro atoms. The third kappa shape index (κ3) is 2.46. The van der Waals surface area contributed by atoms with Crippen molar-refractivity contribution in [1.82, 2.24) is 9.78 Å². The predicted octanol–water partition coefficient (Wildman–Crippen LogP) is 2.80. The zero-order chi connectivity index (χ0) is 15.1. The lowest BCUT2D eigenvalue weighted by Gasteiger charge is -2.20. The number of hydrogen-bond donors (Lipinski definition) is 0. The summed E-state index contributed by atoms with van der Waals surface area (Å²) >= 11 is 0. The Kier molecular flexibility index (Phi) is 3.32. The van der Waals surface area contributed by atoms with Crippen molar-refractivity contribution in [1.29, 1.82) is 0 Å². The number of carbonyl (C=O) groups excluding carboxylic acids is 1. The van der Waals surface area contributed by atoms with Crippen LogP contribution >= 0.6 is 0 Å². The molecule has 1 aromatic carbocycles. The van der Waals surface area contributed by atoms with E-state index >= 15 is 0 Å². The fourth-order valence-electron chi connectivity index (χ4n) is 2.93. The van der Waals surface area contributed by atoms with Crippen LogP contribution in [0.1, 0.15) is 29.0 Å². The highest BCUT2D eigenvalue weighted by Gasteiger charge is 2.46. The Morgan fingerprint density at radius 2 is 2.14 bits per heavy atom. The number of aryl methyl sites for hydroxylation is 2. The van der Waals surface area contributed by atoms with E-state index in [0.717, 1.165) is 12.1 Å². The molecular weight excluding hydrogens is 262 g/mol. The zero-order valence-corrected chi connectivity index (χ0v) is 13.0. The van der Waals surface area contributed by atoms with Crippen molar-refractivity contribution in [2.75, 3.05) is 11.9 Å². The van der Waals surface area contributed by atoms with Gasteiger partial charge in [0.1, 0.15) is 0 Å². The van der Waals surface area contributed by atoms with Crippen LogP contribution in [0.3, 0.4) is 0 Å². The van der Waals surface area contributed by atoms with E-state index in [0.29, 0.717) is 5.92 Å². The van der Waals surface area contributed by atoms with Gasteiger partial charge in [0, 0.05) is 31.9 Å². The highest BCUT2D eigenvalue weighted by molar-refractivity contribution is 5.97. The number of hydrogen-bond acceptors (Lipinski definition) is 2. The minimum Gasteiger partial charge on any atom is -0.315 e. The fraction of sp³-hybridized carbons (Fsp3) is 0.412. The normalized spacial score (nSPS) is 20.4. The van der Waals surface area contributed by atoms with Crippen LogP contribution < -0.4 is 4.90 Å². The first-order valence-corrected chi connectivity index (χ1v) is 7.31. The van der Waals surface area contributed by atoms with Gasteiger partial charge in [-0.25, -0.2) is 0 Å². The van der Waals surface area contributed by atoms with Gasteiger partial charge in [-0.15, -0.1) is 0 Å². The summed E-state index contributed by atoms with van der Waals surface area (Å²) in [7, 11) is 3.79. The smallest absolute Gasteiger partial charge is 0.230 e. The van der Waals surface area contributed by atoms with Crippen molar-refractivity contribution in [3.63, 3.8) is 0 Å². The van der Waals surface area contributed by atoms with Gasteiger partial charge < -0.3 is 4.90 Å². The van der Waals surface area contributed by atoms with Gasteiger partial charge in [-0.3, -0.25) is 9.48 Å². The summed E-state index contributed by atoms with van der Waals surface area (Å²) in [6, 6.07) is 6.10. The molecule has 1 fully saturated rings. The zero-order valence-electron chi connectivity index (χ0n) is 13.0. The third-order valence-electron chi connectivity index (χ3n) is 4.53. The fourth-order valence-corrected chi connectivity index (χ4v) is 2.93. The van der Waals surface area contributed by atoms with Gasteiger partial charge in [0.2, 0.25) is 5.91 Å². The summed E-state index contributed by atoms with van der Waals surface area (Å²) in [5, 5.41) is 4.19. The van der Waals surface area contributed by atoms with E-state index in [9.17, 15) is 4.79 Å². The lowest BCUT2D eigenvalue weighted by atomic mass is 10.1. The van der Waals surface area contributed by atoms with Crippen LogP contribution in [0.15, 0.2) is 30.6 Å². The molecule has 3 rings (SSSR count). The van der Waals surface area contributed by atoms with Crippen molar-refractivity contribution in [3.05, 3.63) is 47.3 Å². The van der Waals surface area contributed by atoms with Crippen LogP contribution in [-0.4, -0.2) is 22.7 Å². The van der Waals surface area contributed by atoms with E-state index in [1.165, 1.54) is 16.7 Å². The number of carbonyl (C=O) groups is 1. The Hall–Kier alpha value is -2.10. The van der Waals surface area contributed by atoms with Gasteiger partial charge in [0.15, 0.2) is 0 Å². The van der Waals surface area contributed by atoms with Gasteiger partial charge in [-0.1, -0.05) is 12.1 Å². The number of aromatic nitrogens is 2. The predicted molar refractivity (Wildman–Crippen MR) is 83.4 cm³/mol. The minimum absolute atomic E-state index is 0.0964. The SMILES string of the molecule is Cc1cccc(N(C)C(=O)[C@H]2C[C@@H]2c2cnn(C)c2)c1C. The van der Waals surface area contributed by atoms with E-state index in [4.69, 9.17) is 0 Å². The van der Waals surface area contributed by atoms with E-state index in [-0.39, 0.29) is 11.8 Å². The molecule has 2 atom stereocenters. The lowest BCUT2D eigenvalue weighted by Crippen LogP contribution is -2.29. The molecule has 0 N–H and O–H groups in total. The average molecular weight is 283 g/mol. The van der Waals surface area contributed by atoms with Crippen LogP contribution in [0.2, 0.25) is 0 Å². The van der Waals surface area contributed by atoms with Crippen molar-refractivity contribution in [3.8, 4) is 0 Å². The monoisotopic (exact) mass is 283 g/mol. The second-order valence-electron chi connectivity index (χ2n) is 6.01. The molecule has 2 aromatic rings. The molecule has 1 aromatic heterocycles. The first-order valence-electron chi connectivity index (χ1n) is 7.31. The molecule has 1 aliphatic rings. The molecular formula is C17H21N3O. The molecule has 0 aliphatic heterocycles. The molecule has 1 saturated carbocycles. The third-order valence-corrected chi connectivity index (χ3v) is 4.53. The van der Waals surface area contributed by atoms with Crippen LogP contribution in [0.4, 0.5) is 5.69 Å². The second-order valence-corrected chi connectivity index (χ2v) is 6.01. The highest BCUT2D eigenvalue weighted by atomic mass is 16.2. The Labute approximate surface area is 125 Å². The average Bonchev–Trinajstić information content (AvgIpc) is 3.15. The summed E-state index contributed by atoms with van der Waals surface area (Å²) in [6.45, 7) is 4.15. The lowest BCUT2D eigenvalue weighted by molar-refractivity contribution is -0.119. The summed E-state index contributed by atoms with van der Waals surface area (Å²) in [4.78, 5) is 14.5. The Balaban J connectivity index is 1.76. The maximum absolute atomic E-state index is 12.7. The van der Waals surface area contributed by atoms with E-state index < -0.39 is 0 Å². The number of nitrogens with zero attached hydrogens (tertiary/aromatic N) is 3. The van der Waals surface area contributed by atoms with E-state index in [1.807, 2.05) is 43.5 Å². The molecule has 4 nitrogen and oxygen atoms in total. The molecule has 1 amide bonds. The second kappa shape index (κ2) is 5.02. The first-order chi connectivity index (χ1) is 9.99. The topological polar surface area (TPSA) is 38.1 Å². The van der Waals surface area contributed by atoms with Crippen LogP contribution in [0, 0.1) is 19.8 Å². The van der Waals surface area contributed by atoms with Crippen LogP contribution in [-0.2, 0) is 11.8 Å². The van der Waals surface area contributed by atoms with Gasteiger partial charge in [0.05, 0.1) is 6.20 Å². The summed E-state index contributed by atoms with van der Waals surface area (Å²) in [5.41, 5.74) is 4.57. The molecule has 0 bridgehead atoms. The van der Waals surface area contributed by atoms with Crippen molar-refractivity contribution in [2.45, 2.75) is 26.2 Å². The Morgan fingerprint density at radius 3 is 2.81 bits per heavy atom. The molecule has 0 radical (unpaired) electrons. The molecule has 0 unspecified atom stereocenters. The maximum atomic E-state index is 12.7. The van der Waals surface area contributed by atoms with Crippen molar-refractivity contribution >= 4 is 11.6 Å². The molecule has 0 saturated heterocycles. The van der Waals surface area contributed by atoms with Gasteiger partial charge in [-0.2, -0.15) is 5.10 Å². The number of anilines is 1. The molecule has 1 heterocycles. The van der Waals surface area contributed by atoms with Crippen LogP contribution in [0.5, 0.6) is 0 Å². The van der Waals surface area contributed by atoms with Crippen molar-refractivity contribution in [2.24, 2.45) is 13.0 Å². The first kappa shape index (κ1) is 13.9. The molecule has 4 heteroatoms. The number of amides is 1. The van der Waals surface area contributed by atoms with Gasteiger partial charge >= 0.3 is 0 Å². The molecule has 1 aliphatic carbocycles. The largest absolute Gasteiger partial charge is 0.315 e. The summed E-state index contributed by atoms with van der Waals surface area (Å²) in [5.74, 6) is 0.635. The standard InChI is InChI=1S/C17H21N3O/c1-11-6-5-7-16(12(11)2)20(4)17(21)15-8-14(15)13-9-18-19(3)10-13/h5-7,9-10,14-15H,8H2,1-4H3/t14-,15+/m1/s1. The summed E-state index contributed by atoms with van der Waals surface area (Å²) < 4.78 is 1.80. The van der Waals surface area contributed by atoms with E-state index in [2.05, 4.69) is 25.0 Å². The molecule has 110 valence electrons. The molecule has 21 heavy (non-hydrogen) atoms. The van der Waals surface area contributed by atoms with Gasteiger partial charge in [-0.05, 0) is 48.9 Å². The van der Waals surface area contributed by atoms with Gasteiger partial charge in [0.25, 0.3) is 0 Å². The Bertz CT molecular complexity index is 689. The Morgan fingerprint density at radius 1 is 1.38 bits per heavy atom. The maximum Gasteiger partial charge on any atom is 0.230 e. The van der Waals surface area contributed by atoms with Crippen molar-refractivity contribution < 1.29 is 4.79 Å². The highest BCUT2D eigenvalue weighted by Crippen LogP contribution is 2.48. The number of benzene rings is 1. The quantitative estimate of drug-likeness (QED) is 0.868. The van der Waals surface area contributed by atoms with E-state index in [1.54, 1.807) is 4.68 Å². The number of rotatable bonds is 3. The minimum atomic E-state index is 0.0964. The summed E-state index contributed by atoms with van der Waals surface area (Å²) in [6.07, 6.45) is 4.81.